The maximum atomic E-state index is 6.34. The van der Waals surface area contributed by atoms with E-state index < -0.39 is 0 Å². The molecule has 0 amide bonds. The predicted molar refractivity (Wildman–Crippen MR) is 89.6 cm³/mol. The first-order valence-electron chi connectivity index (χ1n) is 7.19. The van der Waals surface area contributed by atoms with E-state index in [1.165, 1.54) is 26.4 Å². The lowest BCUT2D eigenvalue weighted by atomic mass is 9.86. The molecule has 0 saturated heterocycles. The molecule has 1 aromatic carbocycles. The maximum Gasteiger partial charge on any atom is 0.0430 e. The van der Waals surface area contributed by atoms with Crippen LogP contribution in [0, 0.1) is 13.8 Å². The Hall–Kier alpha value is -1.12. The van der Waals surface area contributed by atoms with Gasteiger partial charge in [0, 0.05) is 15.8 Å². The first-order chi connectivity index (χ1) is 9.27. The fourth-order valence-corrected chi connectivity index (χ4v) is 3.32. The minimum absolute atomic E-state index is 0.105. The Morgan fingerprint density at radius 3 is 2.15 bits per heavy atom. The lowest BCUT2D eigenvalue weighted by Crippen LogP contribution is -2.13. The van der Waals surface area contributed by atoms with E-state index in [9.17, 15) is 0 Å². The van der Waals surface area contributed by atoms with Crippen LogP contribution in [-0.4, -0.2) is 0 Å². The first kappa shape index (κ1) is 15.3. The topological polar surface area (TPSA) is 26.0 Å². The highest BCUT2D eigenvalue weighted by Gasteiger charge is 2.14. The highest BCUT2D eigenvalue weighted by Crippen LogP contribution is 2.28. The van der Waals surface area contributed by atoms with Crippen LogP contribution in [0.4, 0.5) is 0 Å². The molecule has 1 heterocycles. The molecule has 0 saturated carbocycles. The minimum atomic E-state index is 0.105. The fourth-order valence-electron chi connectivity index (χ4n) is 2.28. The standard InChI is InChI=1S/C18H25NS/c1-12-10-17(20-13(12)2)16(19)11-14-6-8-15(9-7-14)18(3,4)5/h6-10,16H,11,19H2,1-5H3. The molecule has 1 aromatic heterocycles. The Kier molecular flexibility index (Phi) is 4.36. The smallest absolute Gasteiger partial charge is 0.0430 e. The van der Waals surface area contributed by atoms with Crippen molar-refractivity contribution in [2.75, 3.05) is 0 Å². The highest BCUT2D eigenvalue weighted by molar-refractivity contribution is 7.12. The zero-order valence-electron chi connectivity index (χ0n) is 13.2. The normalized spacial score (nSPS) is 13.5. The monoisotopic (exact) mass is 287 g/mol. The maximum absolute atomic E-state index is 6.34. The molecular weight excluding hydrogens is 262 g/mol. The quantitative estimate of drug-likeness (QED) is 0.853. The lowest BCUT2D eigenvalue weighted by molar-refractivity contribution is 0.589. The molecule has 0 aliphatic rings. The SMILES string of the molecule is Cc1cc(C(N)Cc2ccc(C(C)(C)C)cc2)sc1C. The Morgan fingerprint density at radius 2 is 1.70 bits per heavy atom. The Bertz CT molecular complexity index is 553. The molecule has 1 nitrogen and oxygen atoms in total. The van der Waals surface area contributed by atoms with Crippen molar-refractivity contribution in [3.63, 3.8) is 0 Å². The van der Waals surface area contributed by atoms with Crippen molar-refractivity contribution >= 4 is 11.3 Å². The molecule has 2 heteroatoms. The van der Waals surface area contributed by atoms with Gasteiger partial charge in [-0.15, -0.1) is 11.3 Å². The second-order valence-corrected chi connectivity index (χ2v) is 7.93. The van der Waals surface area contributed by atoms with Crippen LogP contribution in [0.15, 0.2) is 30.3 Å². The fraction of sp³-hybridized carbons (Fsp3) is 0.444. The van der Waals surface area contributed by atoms with E-state index >= 15 is 0 Å². The van der Waals surface area contributed by atoms with Gasteiger partial charge >= 0.3 is 0 Å². The van der Waals surface area contributed by atoms with Crippen molar-refractivity contribution in [3.05, 3.63) is 56.8 Å². The molecule has 1 unspecified atom stereocenters. The molecule has 2 rings (SSSR count). The number of hydrogen-bond acceptors (Lipinski definition) is 2. The number of benzene rings is 1. The molecule has 0 bridgehead atoms. The van der Waals surface area contributed by atoms with Gasteiger partial charge < -0.3 is 5.73 Å². The van der Waals surface area contributed by atoms with E-state index in [2.05, 4.69) is 65.0 Å². The van der Waals surface area contributed by atoms with Gasteiger partial charge in [-0.1, -0.05) is 45.0 Å². The van der Waals surface area contributed by atoms with Crippen LogP contribution < -0.4 is 5.73 Å². The number of rotatable bonds is 3. The summed E-state index contributed by atoms with van der Waals surface area (Å²) in [5, 5.41) is 0. The van der Waals surface area contributed by atoms with Crippen molar-refractivity contribution in [1.29, 1.82) is 0 Å². The lowest BCUT2D eigenvalue weighted by Gasteiger charge is -2.19. The Morgan fingerprint density at radius 1 is 1.10 bits per heavy atom. The van der Waals surface area contributed by atoms with Crippen LogP contribution in [0.3, 0.4) is 0 Å². The first-order valence-corrected chi connectivity index (χ1v) is 8.01. The van der Waals surface area contributed by atoms with E-state index in [1.54, 1.807) is 0 Å². The summed E-state index contributed by atoms with van der Waals surface area (Å²) in [5.41, 5.74) is 10.6. The van der Waals surface area contributed by atoms with Crippen molar-refractivity contribution < 1.29 is 0 Å². The van der Waals surface area contributed by atoms with E-state index in [1.807, 2.05) is 11.3 Å². The van der Waals surface area contributed by atoms with Gasteiger partial charge in [0.1, 0.15) is 0 Å². The van der Waals surface area contributed by atoms with Gasteiger partial charge in [0.05, 0.1) is 0 Å². The van der Waals surface area contributed by atoms with Crippen molar-refractivity contribution in [2.24, 2.45) is 5.73 Å². The van der Waals surface area contributed by atoms with Gasteiger partial charge in [-0.2, -0.15) is 0 Å². The highest BCUT2D eigenvalue weighted by atomic mass is 32.1. The van der Waals surface area contributed by atoms with Gasteiger partial charge in [0.15, 0.2) is 0 Å². The van der Waals surface area contributed by atoms with Gasteiger partial charge in [-0.05, 0) is 48.4 Å². The van der Waals surface area contributed by atoms with Crippen LogP contribution in [0.2, 0.25) is 0 Å². The molecule has 0 fully saturated rings. The third-order valence-corrected chi connectivity index (χ3v) is 5.11. The zero-order chi connectivity index (χ0) is 14.9. The van der Waals surface area contributed by atoms with Crippen molar-refractivity contribution in [1.82, 2.24) is 0 Å². The summed E-state index contributed by atoms with van der Waals surface area (Å²) >= 11 is 1.82. The summed E-state index contributed by atoms with van der Waals surface area (Å²) in [5.74, 6) is 0. The molecular formula is C18H25NS. The molecule has 108 valence electrons. The molecule has 0 radical (unpaired) electrons. The Balaban J connectivity index is 2.10. The number of hydrogen-bond donors (Lipinski definition) is 1. The number of aryl methyl sites for hydroxylation is 2. The molecule has 2 N–H and O–H groups in total. The average molecular weight is 287 g/mol. The average Bonchev–Trinajstić information content (AvgIpc) is 2.69. The van der Waals surface area contributed by atoms with Crippen LogP contribution >= 0.6 is 11.3 Å². The molecule has 1 atom stereocenters. The van der Waals surface area contributed by atoms with Gasteiger partial charge in [-0.25, -0.2) is 0 Å². The third-order valence-electron chi connectivity index (χ3n) is 3.83. The zero-order valence-corrected chi connectivity index (χ0v) is 14.0. The molecule has 0 spiro atoms. The summed E-state index contributed by atoms with van der Waals surface area (Å²) in [4.78, 5) is 2.67. The third kappa shape index (κ3) is 3.50. The van der Waals surface area contributed by atoms with Gasteiger partial charge in [0.2, 0.25) is 0 Å². The van der Waals surface area contributed by atoms with E-state index in [0.29, 0.717) is 0 Å². The van der Waals surface area contributed by atoms with Crippen LogP contribution in [0.1, 0.15) is 53.3 Å². The second-order valence-electron chi connectivity index (χ2n) is 6.65. The largest absolute Gasteiger partial charge is 0.323 e. The van der Waals surface area contributed by atoms with E-state index in [-0.39, 0.29) is 11.5 Å². The van der Waals surface area contributed by atoms with Crippen molar-refractivity contribution in [3.8, 4) is 0 Å². The molecule has 20 heavy (non-hydrogen) atoms. The van der Waals surface area contributed by atoms with E-state index in [4.69, 9.17) is 5.73 Å². The number of nitrogens with two attached hydrogens (primary N) is 1. The van der Waals surface area contributed by atoms with Crippen LogP contribution in [-0.2, 0) is 11.8 Å². The Labute approximate surface area is 126 Å². The van der Waals surface area contributed by atoms with Crippen molar-refractivity contribution in [2.45, 2.75) is 52.5 Å². The number of thiophene rings is 1. The second kappa shape index (κ2) is 5.71. The van der Waals surface area contributed by atoms with E-state index in [0.717, 1.165) is 6.42 Å². The summed E-state index contributed by atoms with van der Waals surface area (Å²) in [6.45, 7) is 11.0. The predicted octanol–water partition coefficient (Wildman–Crippen LogP) is 4.90. The van der Waals surface area contributed by atoms with Gasteiger partial charge in [-0.3, -0.25) is 0 Å². The summed E-state index contributed by atoms with van der Waals surface area (Å²) in [6.07, 6.45) is 0.907. The van der Waals surface area contributed by atoms with Crippen LogP contribution in [0.5, 0.6) is 0 Å². The van der Waals surface area contributed by atoms with Gasteiger partial charge in [0.25, 0.3) is 0 Å². The molecule has 0 aliphatic heterocycles. The molecule has 2 aromatic rings. The van der Waals surface area contributed by atoms with Crippen LogP contribution in [0.25, 0.3) is 0 Å². The summed E-state index contributed by atoms with van der Waals surface area (Å²) in [7, 11) is 0. The summed E-state index contributed by atoms with van der Waals surface area (Å²) in [6, 6.07) is 11.2. The summed E-state index contributed by atoms with van der Waals surface area (Å²) < 4.78 is 0. The molecule has 0 aliphatic carbocycles. The minimum Gasteiger partial charge on any atom is -0.323 e.